The molecule has 17 heavy (non-hydrogen) atoms. The number of aliphatic hydroxyl groups excluding tert-OH is 1. The first-order valence-corrected chi connectivity index (χ1v) is 6.23. The van der Waals surface area contributed by atoms with E-state index >= 15 is 0 Å². The van der Waals surface area contributed by atoms with Crippen LogP contribution in [0.2, 0.25) is 0 Å². The maximum atomic E-state index is 10.9. The number of esters is 1. The molecular weight excluding hydrogens is 216 g/mol. The van der Waals surface area contributed by atoms with Crippen LogP contribution in [0.3, 0.4) is 0 Å². The molecule has 0 amide bonds. The van der Waals surface area contributed by atoms with E-state index in [0.717, 1.165) is 38.5 Å². The highest BCUT2D eigenvalue weighted by Gasteiger charge is 2.05. The largest absolute Gasteiger partial charge is 0.460 e. The Balaban J connectivity index is 3.36. The molecular formula is C14H24O3. The Morgan fingerprint density at radius 1 is 1.24 bits per heavy atom. The summed E-state index contributed by atoms with van der Waals surface area (Å²) < 4.78 is 5.05. The van der Waals surface area contributed by atoms with E-state index in [2.05, 4.69) is 13.2 Å². The second kappa shape index (κ2) is 10.1. The Labute approximate surface area is 104 Å². The summed E-state index contributed by atoms with van der Waals surface area (Å²) in [6.45, 7) is 8.77. The summed E-state index contributed by atoms with van der Waals surface area (Å²) in [6, 6.07) is 0. The fourth-order valence-corrected chi connectivity index (χ4v) is 1.56. The maximum absolute atomic E-state index is 10.9. The van der Waals surface area contributed by atoms with Crippen molar-refractivity contribution < 1.29 is 14.6 Å². The summed E-state index contributed by atoms with van der Waals surface area (Å²) >= 11 is 0. The van der Waals surface area contributed by atoms with Gasteiger partial charge in [0.05, 0.1) is 12.2 Å². The van der Waals surface area contributed by atoms with Gasteiger partial charge in [0.2, 0.25) is 0 Å². The fourth-order valence-electron chi connectivity index (χ4n) is 1.56. The third-order valence-electron chi connectivity index (χ3n) is 2.62. The Morgan fingerprint density at radius 3 is 2.35 bits per heavy atom. The molecule has 0 radical (unpaired) electrons. The van der Waals surface area contributed by atoms with Gasteiger partial charge in [-0.15, -0.1) is 6.58 Å². The van der Waals surface area contributed by atoms with Gasteiger partial charge in [0.25, 0.3) is 0 Å². The summed E-state index contributed by atoms with van der Waals surface area (Å²) in [4.78, 5) is 10.9. The van der Waals surface area contributed by atoms with E-state index in [0.29, 0.717) is 0 Å². The molecule has 0 fully saturated rings. The Kier molecular flexibility index (Phi) is 9.44. The zero-order valence-corrected chi connectivity index (χ0v) is 10.7. The molecule has 2 atom stereocenters. The Morgan fingerprint density at radius 2 is 1.82 bits per heavy atom. The molecule has 0 aliphatic heterocycles. The van der Waals surface area contributed by atoms with Crippen molar-refractivity contribution in [1.82, 2.24) is 0 Å². The first-order valence-electron chi connectivity index (χ1n) is 6.23. The van der Waals surface area contributed by atoms with Crippen LogP contribution in [0.1, 0.15) is 45.4 Å². The molecule has 0 bridgehead atoms. The van der Waals surface area contributed by atoms with Crippen molar-refractivity contribution in [3.05, 3.63) is 25.3 Å². The lowest BCUT2D eigenvalue weighted by atomic mass is 10.1. The number of unbranched alkanes of at least 4 members (excludes halogenated alkanes) is 3. The number of carbonyl (C=O) groups is 1. The lowest BCUT2D eigenvalue weighted by molar-refractivity contribution is -0.142. The molecule has 0 aliphatic carbocycles. The molecule has 0 saturated heterocycles. The van der Waals surface area contributed by atoms with E-state index in [1.807, 2.05) is 6.92 Å². The van der Waals surface area contributed by atoms with Crippen molar-refractivity contribution in [2.75, 3.05) is 0 Å². The van der Waals surface area contributed by atoms with Crippen LogP contribution >= 0.6 is 0 Å². The zero-order chi connectivity index (χ0) is 13.1. The molecule has 3 heteroatoms. The fraction of sp³-hybridized carbons (Fsp3) is 0.643. The monoisotopic (exact) mass is 240 g/mol. The molecule has 3 nitrogen and oxygen atoms in total. The third-order valence-corrected chi connectivity index (χ3v) is 2.62. The molecule has 0 heterocycles. The highest BCUT2D eigenvalue weighted by atomic mass is 16.5. The molecule has 1 N–H and O–H groups in total. The van der Waals surface area contributed by atoms with E-state index < -0.39 is 0 Å². The molecule has 0 aliphatic rings. The minimum absolute atomic E-state index is 0.0423. The number of aliphatic hydroxyl groups is 1. The van der Waals surface area contributed by atoms with Crippen molar-refractivity contribution in [2.24, 2.45) is 0 Å². The van der Waals surface area contributed by atoms with Crippen molar-refractivity contribution in [3.8, 4) is 0 Å². The maximum Gasteiger partial charge on any atom is 0.330 e. The number of hydrogen-bond donors (Lipinski definition) is 1. The van der Waals surface area contributed by atoms with Crippen LogP contribution in [0.15, 0.2) is 25.3 Å². The van der Waals surface area contributed by atoms with E-state index in [4.69, 9.17) is 4.74 Å². The van der Waals surface area contributed by atoms with Gasteiger partial charge in [-0.05, 0) is 26.2 Å². The first kappa shape index (κ1) is 15.9. The predicted octanol–water partition coefficient (Wildman–Crippen LogP) is 2.99. The Bertz CT molecular complexity index is 236. The number of hydrogen-bond acceptors (Lipinski definition) is 3. The van der Waals surface area contributed by atoms with Crippen LogP contribution in [0.25, 0.3) is 0 Å². The van der Waals surface area contributed by atoms with Gasteiger partial charge < -0.3 is 9.84 Å². The van der Waals surface area contributed by atoms with Crippen LogP contribution in [0, 0.1) is 0 Å². The van der Waals surface area contributed by atoms with Crippen LogP contribution in [0.4, 0.5) is 0 Å². The predicted molar refractivity (Wildman–Crippen MR) is 69.7 cm³/mol. The third kappa shape index (κ3) is 9.82. The minimum atomic E-state index is -0.373. The van der Waals surface area contributed by atoms with E-state index in [9.17, 15) is 9.90 Å². The average Bonchev–Trinajstić information content (AvgIpc) is 2.32. The van der Waals surface area contributed by atoms with Crippen molar-refractivity contribution >= 4 is 5.97 Å². The zero-order valence-electron chi connectivity index (χ0n) is 10.7. The topological polar surface area (TPSA) is 46.5 Å². The van der Waals surface area contributed by atoms with Gasteiger partial charge >= 0.3 is 5.97 Å². The number of rotatable bonds is 10. The summed E-state index contributed by atoms with van der Waals surface area (Å²) in [5.74, 6) is -0.355. The molecule has 98 valence electrons. The lowest BCUT2D eigenvalue weighted by Gasteiger charge is -2.11. The molecule has 0 rings (SSSR count). The second-order valence-electron chi connectivity index (χ2n) is 4.25. The molecule has 0 aromatic rings. The SMILES string of the molecule is C=CC(=O)O[C@@H](C)CCCCCC[C@H](O)C=C. The summed E-state index contributed by atoms with van der Waals surface area (Å²) in [5, 5.41) is 9.24. The normalized spacial score (nSPS) is 13.8. The summed E-state index contributed by atoms with van der Waals surface area (Å²) in [7, 11) is 0. The van der Waals surface area contributed by atoms with E-state index in [1.54, 1.807) is 6.08 Å². The second-order valence-corrected chi connectivity index (χ2v) is 4.25. The van der Waals surface area contributed by atoms with Gasteiger partial charge in [0.1, 0.15) is 0 Å². The molecule has 0 saturated carbocycles. The number of ether oxygens (including phenoxy) is 1. The van der Waals surface area contributed by atoms with E-state index in [1.165, 1.54) is 6.08 Å². The van der Waals surface area contributed by atoms with Gasteiger partial charge in [-0.2, -0.15) is 0 Å². The molecule has 0 spiro atoms. The van der Waals surface area contributed by atoms with Crippen molar-refractivity contribution in [1.29, 1.82) is 0 Å². The van der Waals surface area contributed by atoms with Gasteiger partial charge in [-0.1, -0.05) is 31.9 Å². The van der Waals surface area contributed by atoms with Crippen LogP contribution < -0.4 is 0 Å². The quantitative estimate of drug-likeness (QED) is 0.276. The lowest BCUT2D eigenvalue weighted by Crippen LogP contribution is -2.12. The van der Waals surface area contributed by atoms with Gasteiger partial charge in [0.15, 0.2) is 0 Å². The summed E-state index contributed by atoms with van der Waals surface area (Å²) in [6.07, 6.45) is 8.23. The average molecular weight is 240 g/mol. The standard InChI is InChI=1S/C14H24O3/c1-4-13(15)11-9-7-6-8-10-12(3)17-14(16)5-2/h4-5,12-13,15H,1-2,6-11H2,3H3/t12-,13+/m0/s1. The highest BCUT2D eigenvalue weighted by molar-refractivity contribution is 5.81. The van der Waals surface area contributed by atoms with Crippen molar-refractivity contribution in [3.63, 3.8) is 0 Å². The van der Waals surface area contributed by atoms with Gasteiger partial charge in [-0.3, -0.25) is 0 Å². The highest BCUT2D eigenvalue weighted by Crippen LogP contribution is 2.10. The van der Waals surface area contributed by atoms with Crippen LogP contribution in [0.5, 0.6) is 0 Å². The van der Waals surface area contributed by atoms with E-state index in [-0.39, 0.29) is 18.2 Å². The minimum Gasteiger partial charge on any atom is -0.460 e. The summed E-state index contributed by atoms with van der Waals surface area (Å²) in [5.41, 5.74) is 0. The first-order chi connectivity index (χ1) is 8.10. The van der Waals surface area contributed by atoms with Gasteiger partial charge in [-0.25, -0.2) is 4.79 Å². The van der Waals surface area contributed by atoms with Crippen LogP contribution in [-0.2, 0) is 9.53 Å². The Hall–Kier alpha value is -1.09. The van der Waals surface area contributed by atoms with Crippen LogP contribution in [-0.4, -0.2) is 23.3 Å². The molecule has 0 aromatic carbocycles. The smallest absolute Gasteiger partial charge is 0.330 e. The molecule has 0 aromatic heterocycles. The molecule has 0 unspecified atom stereocenters. The number of carbonyl (C=O) groups excluding carboxylic acids is 1. The van der Waals surface area contributed by atoms with Crippen molar-refractivity contribution in [2.45, 2.75) is 57.7 Å². The van der Waals surface area contributed by atoms with Gasteiger partial charge in [0, 0.05) is 6.08 Å².